The van der Waals surface area contributed by atoms with Crippen molar-refractivity contribution in [3.05, 3.63) is 103 Å². The number of nitrogens with one attached hydrogen (secondary N) is 3. The van der Waals surface area contributed by atoms with Crippen molar-refractivity contribution in [2.75, 3.05) is 22.5 Å². The van der Waals surface area contributed by atoms with Crippen LogP contribution in [0.15, 0.2) is 97.1 Å². The van der Waals surface area contributed by atoms with Gasteiger partial charge in [0.1, 0.15) is 0 Å². The van der Waals surface area contributed by atoms with Crippen LogP contribution in [-0.4, -0.2) is 17.6 Å². The predicted molar refractivity (Wildman–Crippen MR) is 155 cm³/mol. The van der Waals surface area contributed by atoms with E-state index in [0.717, 1.165) is 71.1 Å². The highest BCUT2D eigenvalue weighted by molar-refractivity contribution is 6.08. The van der Waals surface area contributed by atoms with E-state index in [2.05, 4.69) is 40.2 Å². The third-order valence-corrected chi connectivity index (χ3v) is 6.38. The van der Waals surface area contributed by atoms with Crippen LogP contribution in [0.5, 0.6) is 0 Å². The van der Waals surface area contributed by atoms with Crippen LogP contribution < -0.4 is 21.7 Å². The van der Waals surface area contributed by atoms with Crippen LogP contribution in [0.4, 0.5) is 27.5 Å². The molecule has 1 aromatic heterocycles. The summed E-state index contributed by atoms with van der Waals surface area (Å²) in [6.45, 7) is 0.746. The minimum atomic E-state index is -0.275. The molecular weight excluding hydrogens is 458 g/mol. The number of hydrogen-bond acceptors (Lipinski definition) is 4. The van der Waals surface area contributed by atoms with Crippen molar-refractivity contribution in [2.45, 2.75) is 25.7 Å². The third kappa shape index (κ3) is 6.05. The van der Waals surface area contributed by atoms with E-state index in [1.807, 2.05) is 72.8 Å². The zero-order valence-corrected chi connectivity index (χ0v) is 20.7. The molecule has 6 heteroatoms. The number of aromatic nitrogens is 1. The van der Waals surface area contributed by atoms with Crippen molar-refractivity contribution in [3.63, 3.8) is 0 Å². The summed E-state index contributed by atoms with van der Waals surface area (Å²) in [6.07, 6.45) is 4.36. The molecule has 0 aliphatic heterocycles. The predicted octanol–water partition coefficient (Wildman–Crippen LogP) is 7.45. The van der Waals surface area contributed by atoms with Crippen LogP contribution >= 0.6 is 0 Å². The zero-order valence-electron chi connectivity index (χ0n) is 20.7. The molecule has 0 saturated heterocycles. The number of nitrogens with two attached hydrogens (primary N) is 1. The fraction of sp³-hybridized carbons (Fsp3) is 0.161. The lowest BCUT2D eigenvalue weighted by molar-refractivity contribution is 0.262. The number of carbonyl (C=O) groups is 1. The van der Waals surface area contributed by atoms with Gasteiger partial charge in [0, 0.05) is 27.8 Å². The average molecular weight is 490 g/mol. The van der Waals surface area contributed by atoms with Gasteiger partial charge in [-0.1, -0.05) is 55.0 Å². The number of carbonyl (C=O) groups excluding carboxylic acids is 1. The second kappa shape index (κ2) is 11.5. The number of unbranched alkanes of at least 4 members (excludes halogenated alkanes) is 2. The van der Waals surface area contributed by atoms with Gasteiger partial charge in [-0.3, -0.25) is 0 Å². The molecule has 0 radical (unpaired) electrons. The van der Waals surface area contributed by atoms with Crippen molar-refractivity contribution in [1.82, 2.24) is 4.98 Å². The normalized spacial score (nSPS) is 10.9. The lowest BCUT2D eigenvalue weighted by Gasteiger charge is -2.14. The Hall–Kier alpha value is -4.42. The molecule has 0 saturated carbocycles. The maximum atomic E-state index is 12.5. The Balaban J connectivity index is 1.22. The molecule has 6 nitrogen and oxygen atoms in total. The van der Waals surface area contributed by atoms with E-state index in [0.29, 0.717) is 5.69 Å². The van der Waals surface area contributed by atoms with E-state index in [9.17, 15) is 4.79 Å². The summed E-state index contributed by atoms with van der Waals surface area (Å²) in [4.78, 5) is 17.3. The minimum absolute atomic E-state index is 0.275. The molecule has 0 fully saturated rings. The first-order valence-corrected chi connectivity index (χ1v) is 12.7. The number of hydrogen-bond donors (Lipinski definition) is 4. The van der Waals surface area contributed by atoms with Crippen LogP contribution in [0.25, 0.3) is 21.8 Å². The van der Waals surface area contributed by atoms with Crippen molar-refractivity contribution >= 4 is 50.6 Å². The van der Waals surface area contributed by atoms with Gasteiger partial charge in [0.2, 0.25) is 0 Å². The van der Waals surface area contributed by atoms with E-state index in [-0.39, 0.29) is 6.03 Å². The highest BCUT2D eigenvalue weighted by Gasteiger charge is 2.09. The number of urea groups is 1. The van der Waals surface area contributed by atoms with Gasteiger partial charge in [-0.2, -0.15) is 0 Å². The highest BCUT2D eigenvalue weighted by Crippen LogP contribution is 2.33. The molecule has 0 unspecified atom stereocenters. The molecule has 186 valence electrons. The van der Waals surface area contributed by atoms with Gasteiger partial charge in [-0.05, 0) is 79.9 Å². The Morgan fingerprint density at radius 3 is 1.78 bits per heavy atom. The first-order valence-electron chi connectivity index (χ1n) is 12.7. The number of anilines is 4. The molecule has 4 aromatic carbocycles. The molecule has 0 aliphatic carbocycles. The Bertz CT molecular complexity index is 1440. The van der Waals surface area contributed by atoms with E-state index in [4.69, 9.17) is 10.7 Å². The quantitative estimate of drug-likeness (QED) is 0.128. The fourth-order valence-corrected chi connectivity index (χ4v) is 4.45. The monoisotopic (exact) mass is 489 g/mol. The standard InChI is InChI=1S/C31H31N5O/c32-21-7-1-2-8-22-13-15-24(16-14-22)34-31(37)35-25-19-17-23(18-20-25)33-30-26-9-3-5-11-28(26)36-29-12-6-4-10-27(29)30/h3-6,9-20H,1-2,7-8,21,32H2,(H,33,36)(H2,34,35,37). The van der Waals surface area contributed by atoms with Gasteiger partial charge in [0.15, 0.2) is 0 Å². The largest absolute Gasteiger partial charge is 0.354 e. The zero-order chi connectivity index (χ0) is 25.5. The Kier molecular flexibility index (Phi) is 7.58. The van der Waals surface area contributed by atoms with Crippen LogP contribution in [0.2, 0.25) is 0 Å². The Labute approximate surface area is 216 Å². The second-order valence-corrected chi connectivity index (χ2v) is 9.10. The summed E-state index contributed by atoms with van der Waals surface area (Å²) >= 11 is 0. The summed E-state index contributed by atoms with van der Waals surface area (Å²) < 4.78 is 0. The average Bonchev–Trinajstić information content (AvgIpc) is 2.93. The van der Waals surface area contributed by atoms with Crippen molar-refractivity contribution < 1.29 is 4.79 Å². The molecule has 0 atom stereocenters. The first-order chi connectivity index (χ1) is 18.2. The lowest BCUT2D eigenvalue weighted by atomic mass is 10.1. The molecule has 37 heavy (non-hydrogen) atoms. The molecular formula is C31H31N5O. The number of amides is 2. The van der Waals surface area contributed by atoms with Gasteiger partial charge in [0.05, 0.1) is 16.7 Å². The van der Waals surface area contributed by atoms with Gasteiger partial charge >= 0.3 is 6.03 Å². The second-order valence-electron chi connectivity index (χ2n) is 9.10. The van der Waals surface area contributed by atoms with Gasteiger partial charge in [-0.25, -0.2) is 9.78 Å². The van der Waals surface area contributed by atoms with Gasteiger partial charge < -0.3 is 21.7 Å². The lowest BCUT2D eigenvalue weighted by Crippen LogP contribution is -2.19. The summed E-state index contributed by atoms with van der Waals surface area (Å²) in [6, 6.07) is 31.6. The fourth-order valence-electron chi connectivity index (χ4n) is 4.45. The number of fused-ring (bicyclic) bond motifs is 2. The molecule has 5 rings (SSSR count). The van der Waals surface area contributed by atoms with Gasteiger partial charge in [0.25, 0.3) is 0 Å². The Morgan fingerprint density at radius 2 is 1.19 bits per heavy atom. The summed E-state index contributed by atoms with van der Waals surface area (Å²) in [7, 11) is 0. The molecule has 2 amide bonds. The van der Waals surface area contributed by atoms with Crippen molar-refractivity contribution in [3.8, 4) is 0 Å². The number of pyridine rings is 1. The number of benzene rings is 4. The van der Waals surface area contributed by atoms with E-state index >= 15 is 0 Å². The summed E-state index contributed by atoms with van der Waals surface area (Å²) in [5, 5.41) is 11.5. The molecule has 0 bridgehead atoms. The Morgan fingerprint density at radius 1 is 0.649 bits per heavy atom. The number of aryl methyl sites for hydroxylation is 1. The summed E-state index contributed by atoms with van der Waals surface area (Å²) in [5.41, 5.74) is 12.1. The third-order valence-electron chi connectivity index (χ3n) is 6.38. The van der Waals surface area contributed by atoms with Crippen LogP contribution in [0.3, 0.4) is 0 Å². The first kappa shape index (κ1) is 24.3. The van der Waals surface area contributed by atoms with Crippen molar-refractivity contribution in [2.24, 2.45) is 5.73 Å². The molecule has 5 aromatic rings. The SMILES string of the molecule is NCCCCCc1ccc(NC(=O)Nc2ccc(Nc3c4ccccc4nc4ccccc34)cc2)cc1. The van der Waals surface area contributed by atoms with E-state index in [1.54, 1.807) is 0 Å². The van der Waals surface area contributed by atoms with Crippen LogP contribution in [-0.2, 0) is 6.42 Å². The number of nitrogens with zero attached hydrogens (tertiary/aromatic N) is 1. The summed E-state index contributed by atoms with van der Waals surface area (Å²) in [5.74, 6) is 0. The molecule has 1 heterocycles. The highest BCUT2D eigenvalue weighted by atomic mass is 16.2. The molecule has 0 aliphatic rings. The maximum absolute atomic E-state index is 12.5. The van der Waals surface area contributed by atoms with Crippen LogP contribution in [0, 0.1) is 0 Å². The van der Waals surface area contributed by atoms with E-state index in [1.165, 1.54) is 5.56 Å². The minimum Gasteiger partial charge on any atom is -0.354 e. The van der Waals surface area contributed by atoms with Gasteiger partial charge in [-0.15, -0.1) is 0 Å². The molecule has 0 spiro atoms. The van der Waals surface area contributed by atoms with Crippen molar-refractivity contribution in [1.29, 1.82) is 0 Å². The maximum Gasteiger partial charge on any atom is 0.323 e. The number of para-hydroxylation sites is 2. The smallest absolute Gasteiger partial charge is 0.323 e. The molecule has 5 N–H and O–H groups in total. The topological polar surface area (TPSA) is 92.1 Å². The number of rotatable bonds is 9. The van der Waals surface area contributed by atoms with E-state index < -0.39 is 0 Å². The van der Waals surface area contributed by atoms with Crippen LogP contribution in [0.1, 0.15) is 24.8 Å².